The highest BCUT2D eigenvalue weighted by Crippen LogP contribution is 2.26. The molecule has 1 aromatic rings. The van der Waals surface area contributed by atoms with E-state index in [0.717, 1.165) is 0 Å². The van der Waals surface area contributed by atoms with Crippen LogP contribution in [0.1, 0.15) is 0 Å². The van der Waals surface area contributed by atoms with Crippen LogP contribution >= 0.6 is 15.9 Å². The molecule has 0 spiro atoms. The standard InChI is InChI=1S/C11H12BrN3O6/c12-8-5-7(15(19)20)1-2-9(8)14-11(18)13-3-4-21-6-10(16)17/h1-2,5H,3-4,6H2,(H,16,17)(H2,13,14,18). The molecule has 0 fully saturated rings. The van der Waals surface area contributed by atoms with Gasteiger partial charge in [-0.3, -0.25) is 10.1 Å². The minimum absolute atomic E-state index is 0.0567. The number of nitro benzene ring substituents is 1. The molecule has 0 aliphatic heterocycles. The highest BCUT2D eigenvalue weighted by atomic mass is 79.9. The molecule has 21 heavy (non-hydrogen) atoms. The number of nitro groups is 1. The predicted octanol–water partition coefficient (Wildman–Crippen LogP) is 1.58. The molecule has 10 heteroatoms. The summed E-state index contributed by atoms with van der Waals surface area (Å²) < 4.78 is 5.10. The number of carbonyl (C=O) groups is 2. The van der Waals surface area contributed by atoms with Gasteiger partial charge in [-0.15, -0.1) is 0 Å². The van der Waals surface area contributed by atoms with E-state index in [-0.39, 0.29) is 18.8 Å². The normalized spacial score (nSPS) is 9.95. The van der Waals surface area contributed by atoms with Crippen LogP contribution in [0, 0.1) is 10.1 Å². The number of non-ortho nitro benzene ring substituents is 1. The lowest BCUT2D eigenvalue weighted by Gasteiger charge is -2.09. The second kappa shape index (κ2) is 8.17. The minimum atomic E-state index is -1.09. The second-order valence-electron chi connectivity index (χ2n) is 3.75. The fourth-order valence-electron chi connectivity index (χ4n) is 1.28. The largest absolute Gasteiger partial charge is 0.480 e. The number of halogens is 1. The molecular formula is C11H12BrN3O6. The molecule has 0 saturated carbocycles. The summed E-state index contributed by atoms with van der Waals surface area (Å²) in [5, 5.41) is 23.8. The Morgan fingerprint density at radius 2 is 2.14 bits per heavy atom. The topological polar surface area (TPSA) is 131 Å². The number of hydrogen-bond donors (Lipinski definition) is 3. The number of carbonyl (C=O) groups excluding carboxylic acids is 1. The first-order valence-electron chi connectivity index (χ1n) is 5.68. The SMILES string of the molecule is O=C(O)COCCNC(=O)Nc1ccc([N+](=O)[O-])cc1Br. The molecule has 0 radical (unpaired) electrons. The Hall–Kier alpha value is -2.20. The maximum Gasteiger partial charge on any atom is 0.329 e. The molecule has 9 nitrogen and oxygen atoms in total. The minimum Gasteiger partial charge on any atom is -0.480 e. The monoisotopic (exact) mass is 361 g/mol. The molecule has 0 atom stereocenters. The van der Waals surface area contributed by atoms with Crippen molar-refractivity contribution in [2.45, 2.75) is 0 Å². The quantitative estimate of drug-likeness (QED) is 0.383. The zero-order valence-corrected chi connectivity index (χ0v) is 12.3. The first kappa shape index (κ1) is 16.9. The lowest BCUT2D eigenvalue weighted by Crippen LogP contribution is -2.32. The Balaban J connectivity index is 2.41. The maximum absolute atomic E-state index is 11.5. The number of aliphatic carboxylic acids is 1. The average molecular weight is 362 g/mol. The van der Waals surface area contributed by atoms with Gasteiger partial charge in [-0.05, 0) is 22.0 Å². The summed E-state index contributed by atoms with van der Waals surface area (Å²) >= 11 is 3.12. The fraction of sp³-hybridized carbons (Fsp3) is 0.273. The second-order valence-corrected chi connectivity index (χ2v) is 4.60. The Morgan fingerprint density at radius 1 is 1.43 bits per heavy atom. The van der Waals surface area contributed by atoms with Crippen LogP contribution in [0.25, 0.3) is 0 Å². The number of carboxylic acids is 1. The van der Waals surface area contributed by atoms with E-state index in [1.54, 1.807) is 0 Å². The summed E-state index contributed by atoms with van der Waals surface area (Å²) in [5.41, 5.74) is 0.263. The van der Waals surface area contributed by atoms with Gasteiger partial charge in [0.25, 0.3) is 5.69 Å². The van der Waals surface area contributed by atoms with E-state index in [2.05, 4.69) is 26.6 Å². The van der Waals surface area contributed by atoms with E-state index in [0.29, 0.717) is 10.2 Å². The molecule has 0 aliphatic rings. The Kier molecular flexibility index (Phi) is 6.56. The van der Waals surface area contributed by atoms with Gasteiger partial charge in [-0.2, -0.15) is 0 Å². The molecule has 0 bridgehead atoms. The number of nitrogens with zero attached hydrogens (tertiary/aromatic N) is 1. The van der Waals surface area contributed by atoms with Gasteiger partial charge in [0.1, 0.15) is 6.61 Å². The average Bonchev–Trinajstić information content (AvgIpc) is 2.40. The highest BCUT2D eigenvalue weighted by molar-refractivity contribution is 9.10. The van der Waals surface area contributed by atoms with Crippen molar-refractivity contribution in [3.63, 3.8) is 0 Å². The Bertz CT molecular complexity index is 551. The number of carboxylic acid groups (broad SMARTS) is 1. The van der Waals surface area contributed by atoms with Gasteiger partial charge < -0.3 is 20.5 Å². The van der Waals surface area contributed by atoms with Crippen molar-refractivity contribution in [2.24, 2.45) is 0 Å². The zero-order valence-electron chi connectivity index (χ0n) is 10.7. The molecule has 0 saturated heterocycles. The third-order valence-electron chi connectivity index (χ3n) is 2.17. The van der Waals surface area contributed by atoms with E-state index in [9.17, 15) is 19.7 Å². The first-order valence-corrected chi connectivity index (χ1v) is 6.48. The number of rotatable bonds is 7. The number of anilines is 1. The number of benzene rings is 1. The molecule has 0 unspecified atom stereocenters. The number of nitrogens with one attached hydrogen (secondary N) is 2. The van der Waals surface area contributed by atoms with Gasteiger partial charge in [-0.1, -0.05) is 0 Å². The molecule has 0 aromatic heterocycles. The van der Waals surface area contributed by atoms with Crippen LogP contribution in [0.4, 0.5) is 16.2 Å². The van der Waals surface area contributed by atoms with E-state index in [1.165, 1.54) is 18.2 Å². The number of ether oxygens (including phenoxy) is 1. The van der Waals surface area contributed by atoms with Crippen LogP contribution in [0.15, 0.2) is 22.7 Å². The van der Waals surface area contributed by atoms with Crippen molar-refractivity contribution in [1.29, 1.82) is 0 Å². The zero-order chi connectivity index (χ0) is 15.8. The van der Waals surface area contributed by atoms with Gasteiger partial charge >= 0.3 is 12.0 Å². The first-order chi connectivity index (χ1) is 9.90. The summed E-state index contributed by atoms with van der Waals surface area (Å²) in [5.74, 6) is -1.09. The van der Waals surface area contributed by atoms with Gasteiger partial charge in [0.2, 0.25) is 0 Å². The molecule has 2 amide bonds. The predicted molar refractivity (Wildman–Crippen MR) is 76.3 cm³/mol. The lowest BCUT2D eigenvalue weighted by molar-refractivity contribution is -0.384. The maximum atomic E-state index is 11.5. The van der Waals surface area contributed by atoms with Crippen LogP contribution in [0.3, 0.4) is 0 Å². The summed E-state index contributed by atoms with van der Waals surface area (Å²) in [4.78, 5) is 31.7. The number of urea groups is 1. The highest BCUT2D eigenvalue weighted by Gasteiger charge is 2.10. The fourth-order valence-corrected chi connectivity index (χ4v) is 1.75. The number of amides is 2. The van der Waals surface area contributed by atoms with Crippen molar-refractivity contribution in [1.82, 2.24) is 5.32 Å². The Labute approximate surface area is 127 Å². The smallest absolute Gasteiger partial charge is 0.329 e. The Morgan fingerprint density at radius 3 is 2.71 bits per heavy atom. The van der Waals surface area contributed by atoms with Gasteiger partial charge in [-0.25, -0.2) is 9.59 Å². The van der Waals surface area contributed by atoms with Crippen LogP contribution in [0.5, 0.6) is 0 Å². The van der Waals surface area contributed by atoms with Crippen LogP contribution in [-0.4, -0.2) is 41.8 Å². The third kappa shape index (κ3) is 6.19. The summed E-state index contributed by atoms with van der Waals surface area (Å²) in [6.45, 7) is -0.248. The van der Waals surface area contributed by atoms with Gasteiger partial charge in [0.05, 0.1) is 17.2 Å². The van der Waals surface area contributed by atoms with Crippen molar-refractivity contribution in [2.75, 3.05) is 25.1 Å². The summed E-state index contributed by atoms with van der Waals surface area (Å²) in [6, 6.07) is 3.38. The van der Waals surface area contributed by atoms with Crippen LogP contribution in [0.2, 0.25) is 0 Å². The molecule has 0 aliphatic carbocycles. The molecule has 0 heterocycles. The molecule has 114 valence electrons. The molecular weight excluding hydrogens is 350 g/mol. The van der Waals surface area contributed by atoms with Crippen molar-refractivity contribution in [3.8, 4) is 0 Å². The van der Waals surface area contributed by atoms with E-state index in [4.69, 9.17) is 9.84 Å². The van der Waals surface area contributed by atoms with Crippen LogP contribution < -0.4 is 10.6 Å². The van der Waals surface area contributed by atoms with Crippen molar-refractivity contribution < 1.29 is 24.4 Å². The summed E-state index contributed by atoms with van der Waals surface area (Å²) in [6.07, 6.45) is 0. The lowest BCUT2D eigenvalue weighted by atomic mass is 10.3. The van der Waals surface area contributed by atoms with E-state index in [1.807, 2.05) is 0 Å². The molecule has 3 N–H and O–H groups in total. The van der Waals surface area contributed by atoms with E-state index < -0.39 is 23.5 Å². The van der Waals surface area contributed by atoms with Crippen molar-refractivity contribution >= 4 is 39.3 Å². The van der Waals surface area contributed by atoms with Gasteiger partial charge in [0, 0.05) is 23.2 Å². The number of hydrogen-bond acceptors (Lipinski definition) is 5. The van der Waals surface area contributed by atoms with Gasteiger partial charge in [0.15, 0.2) is 0 Å². The summed E-state index contributed by atoms with van der Waals surface area (Å²) in [7, 11) is 0. The molecule has 1 aromatic carbocycles. The molecule has 1 rings (SSSR count). The third-order valence-corrected chi connectivity index (χ3v) is 2.83. The van der Waals surface area contributed by atoms with Crippen LogP contribution in [-0.2, 0) is 9.53 Å². The van der Waals surface area contributed by atoms with E-state index >= 15 is 0 Å². The van der Waals surface area contributed by atoms with Crippen molar-refractivity contribution in [3.05, 3.63) is 32.8 Å².